The minimum absolute atomic E-state index is 0.00420. The average molecular weight is 431 g/mol. The van der Waals surface area contributed by atoms with Crippen molar-refractivity contribution in [3.63, 3.8) is 0 Å². The van der Waals surface area contributed by atoms with Crippen LogP contribution in [0.3, 0.4) is 0 Å². The third-order valence-corrected chi connectivity index (χ3v) is 6.48. The van der Waals surface area contributed by atoms with Crippen LogP contribution in [0.2, 0.25) is 0 Å². The van der Waals surface area contributed by atoms with E-state index in [2.05, 4.69) is 26.2 Å². The maximum Gasteiger partial charge on any atom is 0.175 e. The summed E-state index contributed by atoms with van der Waals surface area (Å²) in [5.74, 6) is 1.78. The van der Waals surface area contributed by atoms with E-state index in [0.29, 0.717) is 39.6 Å². The number of benzene rings is 2. The van der Waals surface area contributed by atoms with Gasteiger partial charge in [-0.2, -0.15) is 5.10 Å². The highest BCUT2D eigenvalue weighted by Crippen LogP contribution is 2.39. The summed E-state index contributed by atoms with van der Waals surface area (Å²) >= 11 is 0. The molecule has 3 aliphatic heterocycles. The van der Waals surface area contributed by atoms with Crippen LogP contribution in [-0.4, -0.2) is 45.0 Å². The van der Waals surface area contributed by atoms with Gasteiger partial charge in [0, 0.05) is 49.4 Å². The van der Waals surface area contributed by atoms with Gasteiger partial charge in [0.1, 0.15) is 22.8 Å². The van der Waals surface area contributed by atoms with Gasteiger partial charge in [-0.1, -0.05) is 12.0 Å². The van der Waals surface area contributed by atoms with Crippen LogP contribution in [0.5, 0.6) is 5.75 Å². The number of piperidine rings is 1. The Morgan fingerprint density at radius 1 is 1.22 bits per heavy atom. The number of hydrogen-bond acceptors (Lipinski definition) is 5. The molecule has 7 rings (SSSR count). The summed E-state index contributed by atoms with van der Waals surface area (Å²) in [5.41, 5.74) is 0.521. The molecule has 160 valence electrons. The molecule has 4 aromatic rings. The predicted octanol–water partition coefficient (Wildman–Crippen LogP) is 3.30. The fraction of sp³-hybridized carbons (Fsp3) is 0.250. The van der Waals surface area contributed by atoms with Crippen LogP contribution in [0.15, 0.2) is 30.5 Å². The smallest absolute Gasteiger partial charge is 0.175 e. The highest BCUT2D eigenvalue weighted by Gasteiger charge is 2.38. The summed E-state index contributed by atoms with van der Waals surface area (Å²) in [7, 11) is 1.69. The van der Waals surface area contributed by atoms with Crippen molar-refractivity contribution in [2.24, 2.45) is 7.05 Å². The Kier molecular flexibility index (Phi) is 3.95. The lowest BCUT2D eigenvalue weighted by molar-refractivity contribution is 0.225. The van der Waals surface area contributed by atoms with Crippen molar-refractivity contribution in [1.82, 2.24) is 20.1 Å². The van der Waals surface area contributed by atoms with Crippen molar-refractivity contribution < 1.29 is 13.9 Å². The summed E-state index contributed by atoms with van der Waals surface area (Å²) < 4.78 is 31.8. The molecule has 2 unspecified atom stereocenters. The number of phenols is 1. The Balaban J connectivity index is 1.58. The van der Waals surface area contributed by atoms with Crippen LogP contribution in [0.25, 0.3) is 32.9 Å². The number of rotatable bonds is 2. The fourth-order valence-electron chi connectivity index (χ4n) is 5.06. The summed E-state index contributed by atoms with van der Waals surface area (Å²) in [4.78, 5) is 6.56. The molecule has 0 saturated carbocycles. The van der Waals surface area contributed by atoms with Gasteiger partial charge in [-0.25, -0.2) is 8.78 Å². The van der Waals surface area contributed by atoms with E-state index in [-0.39, 0.29) is 22.6 Å². The first-order valence-electron chi connectivity index (χ1n) is 10.4. The second-order valence-corrected chi connectivity index (χ2v) is 8.49. The molecule has 0 amide bonds. The highest BCUT2D eigenvalue weighted by atomic mass is 19.1. The maximum atomic E-state index is 15.9. The summed E-state index contributed by atoms with van der Waals surface area (Å²) in [6, 6.07) is 6.42. The first-order chi connectivity index (χ1) is 15.4. The van der Waals surface area contributed by atoms with Crippen molar-refractivity contribution in [3.8, 4) is 29.4 Å². The van der Waals surface area contributed by atoms with E-state index in [9.17, 15) is 9.50 Å². The molecule has 32 heavy (non-hydrogen) atoms. The molecule has 0 aliphatic carbocycles. The molecule has 2 aromatic carbocycles. The van der Waals surface area contributed by atoms with Crippen LogP contribution in [-0.2, 0) is 7.05 Å². The van der Waals surface area contributed by atoms with Crippen molar-refractivity contribution in [2.75, 3.05) is 18.0 Å². The number of nitrogens with one attached hydrogen (secondary N) is 1. The lowest BCUT2D eigenvalue weighted by Gasteiger charge is -2.48. The normalized spacial score (nSPS) is 19.9. The van der Waals surface area contributed by atoms with Gasteiger partial charge in [-0.15, -0.1) is 6.42 Å². The lowest BCUT2D eigenvalue weighted by Crippen LogP contribution is -2.67. The molecule has 2 aromatic heterocycles. The molecular formula is C24H19F2N5O. The minimum Gasteiger partial charge on any atom is -0.508 e. The second kappa shape index (κ2) is 6.65. The highest BCUT2D eigenvalue weighted by molar-refractivity contribution is 6.03. The van der Waals surface area contributed by atoms with Gasteiger partial charge in [0.15, 0.2) is 11.6 Å². The molecule has 3 fully saturated rings. The molecule has 0 radical (unpaired) electrons. The molecule has 2 N–H and O–H groups in total. The zero-order valence-electron chi connectivity index (χ0n) is 17.2. The predicted molar refractivity (Wildman–Crippen MR) is 119 cm³/mol. The first-order valence-corrected chi connectivity index (χ1v) is 10.4. The summed E-state index contributed by atoms with van der Waals surface area (Å²) in [6.45, 7) is 1.63. The second-order valence-electron chi connectivity index (χ2n) is 8.49. The number of aromatic nitrogens is 3. The Labute approximate surface area is 182 Å². The molecule has 3 saturated heterocycles. The Morgan fingerprint density at radius 2 is 1.97 bits per heavy atom. The zero-order chi connectivity index (χ0) is 22.1. The minimum atomic E-state index is -0.594. The lowest BCUT2D eigenvalue weighted by atomic mass is 9.91. The van der Waals surface area contributed by atoms with Gasteiger partial charge in [-0.3, -0.25) is 9.67 Å². The molecular weight excluding hydrogens is 412 g/mol. The number of anilines is 1. The molecule has 3 aliphatic rings. The summed E-state index contributed by atoms with van der Waals surface area (Å²) in [6.07, 6.45) is 8.30. The van der Waals surface area contributed by atoms with Crippen LogP contribution < -0.4 is 10.2 Å². The summed E-state index contributed by atoms with van der Waals surface area (Å²) in [5, 5.41) is 19.8. The Hall–Kier alpha value is -3.70. The Bertz CT molecular complexity index is 1460. The number of hydrogen-bond donors (Lipinski definition) is 2. The number of pyridine rings is 1. The van der Waals surface area contributed by atoms with Gasteiger partial charge < -0.3 is 15.3 Å². The van der Waals surface area contributed by atoms with E-state index < -0.39 is 11.6 Å². The van der Waals surface area contributed by atoms with E-state index >= 15 is 4.39 Å². The van der Waals surface area contributed by atoms with E-state index in [1.54, 1.807) is 13.2 Å². The number of piperazine rings is 1. The third-order valence-electron chi connectivity index (χ3n) is 6.48. The SMILES string of the molecule is C#Cc1c(F)ccc2cc(O)cc(-c3ncc4c(N5CC6CC(C5)N6)nn(C)c4c3F)c12. The fourth-order valence-corrected chi connectivity index (χ4v) is 5.06. The van der Waals surface area contributed by atoms with Crippen LogP contribution >= 0.6 is 0 Å². The molecule has 6 nitrogen and oxygen atoms in total. The van der Waals surface area contributed by atoms with E-state index in [1.807, 2.05) is 0 Å². The number of aromatic hydroxyl groups is 1. The third kappa shape index (κ3) is 2.61. The quantitative estimate of drug-likeness (QED) is 0.477. The molecule has 2 atom stereocenters. The van der Waals surface area contributed by atoms with Gasteiger partial charge in [0.25, 0.3) is 0 Å². The van der Waals surface area contributed by atoms with Crippen LogP contribution in [0.1, 0.15) is 12.0 Å². The van der Waals surface area contributed by atoms with Crippen molar-refractivity contribution in [2.45, 2.75) is 18.5 Å². The number of terminal acetylenes is 1. The van der Waals surface area contributed by atoms with Gasteiger partial charge in [0.2, 0.25) is 0 Å². The van der Waals surface area contributed by atoms with Gasteiger partial charge >= 0.3 is 0 Å². The maximum absolute atomic E-state index is 15.9. The monoisotopic (exact) mass is 431 g/mol. The molecule has 0 spiro atoms. The molecule has 5 heterocycles. The van der Waals surface area contributed by atoms with Crippen LogP contribution in [0.4, 0.5) is 14.6 Å². The average Bonchev–Trinajstić information content (AvgIpc) is 3.11. The van der Waals surface area contributed by atoms with Crippen molar-refractivity contribution >= 4 is 27.5 Å². The first kappa shape index (κ1) is 19.0. The van der Waals surface area contributed by atoms with Crippen LogP contribution in [0, 0.1) is 24.0 Å². The zero-order valence-corrected chi connectivity index (χ0v) is 17.2. The Morgan fingerprint density at radius 3 is 2.69 bits per heavy atom. The van der Waals surface area contributed by atoms with Crippen molar-refractivity contribution in [3.05, 3.63) is 47.7 Å². The van der Waals surface area contributed by atoms with E-state index in [1.165, 1.54) is 28.9 Å². The number of halogens is 2. The molecule has 2 bridgehead atoms. The van der Waals surface area contributed by atoms with E-state index in [0.717, 1.165) is 19.5 Å². The number of nitrogens with zero attached hydrogens (tertiary/aromatic N) is 4. The standard InChI is InChI=1S/C24H19F2N5O/c1-3-16-19(25)5-4-12-6-15(32)8-17(20(12)16)22-21(26)23-18(9-27-22)24(29-30(23)2)31-10-13-7-14(11-31)28-13/h1,4-6,8-9,13-14,28,32H,7,10-11H2,2H3. The molecule has 8 heteroatoms. The number of phenolic OH excluding ortho intramolecular Hbond substituents is 1. The van der Waals surface area contributed by atoms with E-state index in [4.69, 9.17) is 6.42 Å². The largest absolute Gasteiger partial charge is 0.508 e. The number of fused-ring (bicyclic) bond motifs is 4. The van der Waals surface area contributed by atoms with Gasteiger partial charge in [-0.05, 0) is 30.0 Å². The topological polar surface area (TPSA) is 66.2 Å². The number of aryl methyl sites for hydroxylation is 1. The van der Waals surface area contributed by atoms with Gasteiger partial charge in [0.05, 0.1) is 10.9 Å². The van der Waals surface area contributed by atoms with Crippen molar-refractivity contribution in [1.29, 1.82) is 0 Å².